The molecule has 9 N–H and O–H groups in total. The van der Waals surface area contributed by atoms with Gasteiger partial charge in [-0.1, -0.05) is 30.9 Å². The molecule has 1 rings (SSSR count). The minimum atomic E-state index is -0.669. The van der Waals surface area contributed by atoms with E-state index < -0.39 is 5.91 Å². The molecule has 0 saturated heterocycles. The summed E-state index contributed by atoms with van der Waals surface area (Å²) in [4.78, 5) is 19.4. The van der Waals surface area contributed by atoms with Crippen LogP contribution in [-0.4, -0.2) is 34.9 Å². The molecular weight excluding hydrogens is 320 g/mol. The Balaban J connectivity index is 2.34. The molecule has 0 saturated carbocycles. The van der Waals surface area contributed by atoms with Crippen molar-refractivity contribution in [1.29, 1.82) is 5.41 Å². The predicted octanol–water partition coefficient (Wildman–Crippen LogP) is 0.458. The number of nitrogens with zero attached hydrogens (tertiary/aromatic N) is 2. The molecule has 1 aromatic rings. The van der Waals surface area contributed by atoms with Crippen LogP contribution in [0.3, 0.4) is 0 Å². The average molecular weight is 343 g/mol. The number of unbranched alkanes of at least 4 members (excludes halogenated alkanes) is 4. The molecule has 1 heterocycles. The summed E-state index contributed by atoms with van der Waals surface area (Å²) in [7, 11) is 0. The third-order valence-corrected chi connectivity index (χ3v) is 3.32. The van der Waals surface area contributed by atoms with Gasteiger partial charge in [0.25, 0.3) is 5.91 Å². The molecule has 0 aromatic carbocycles. The molecule has 128 valence electrons. The molecule has 1 amide bonds. The SMILES string of the molecule is N=C(NCCCCCCCN)NC(=O)c1nc(Cl)c(N)nc1N. The largest absolute Gasteiger partial charge is 0.382 e. The second kappa shape index (κ2) is 9.80. The fourth-order valence-corrected chi connectivity index (χ4v) is 1.97. The van der Waals surface area contributed by atoms with Crippen molar-refractivity contribution in [1.82, 2.24) is 20.6 Å². The van der Waals surface area contributed by atoms with Crippen LogP contribution in [0.15, 0.2) is 0 Å². The van der Waals surface area contributed by atoms with E-state index in [9.17, 15) is 4.79 Å². The smallest absolute Gasteiger partial charge is 0.280 e. The van der Waals surface area contributed by atoms with Crippen molar-refractivity contribution in [2.45, 2.75) is 32.1 Å². The average Bonchev–Trinajstić information content (AvgIpc) is 2.49. The Morgan fingerprint density at radius 2 is 1.74 bits per heavy atom. The van der Waals surface area contributed by atoms with Gasteiger partial charge >= 0.3 is 0 Å². The van der Waals surface area contributed by atoms with E-state index in [1.54, 1.807) is 0 Å². The van der Waals surface area contributed by atoms with E-state index in [1.807, 2.05) is 0 Å². The topological polar surface area (TPSA) is 169 Å². The molecule has 0 spiro atoms. The van der Waals surface area contributed by atoms with Gasteiger partial charge in [0.2, 0.25) is 0 Å². The standard InChI is InChI=1S/C13H23ClN8O/c14-9-11(17)21-10(16)8(20-9)12(23)22-13(18)19-7-5-3-1-2-4-6-15/h1-7,15H2,(H4,16,17,21)(H3,18,19,22,23). The molecule has 9 nitrogen and oxygen atoms in total. The number of aromatic nitrogens is 2. The zero-order valence-corrected chi connectivity index (χ0v) is 13.6. The summed E-state index contributed by atoms with van der Waals surface area (Å²) in [5, 5.41) is 12.7. The van der Waals surface area contributed by atoms with Crippen LogP contribution in [0.1, 0.15) is 42.6 Å². The highest BCUT2D eigenvalue weighted by Crippen LogP contribution is 2.17. The van der Waals surface area contributed by atoms with Crippen LogP contribution in [0, 0.1) is 5.41 Å². The number of amides is 1. The lowest BCUT2D eigenvalue weighted by Crippen LogP contribution is -2.41. The molecule has 23 heavy (non-hydrogen) atoms. The van der Waals surface area contributed by atoms with Gasteiger partial charge in [-0.2, -0.15) is 0 Å². The molecular formula is C13H23ClN8O. The van der Waals surface area contributed by atoms with E-state index >= 15 is 0 Å². The van der Waals surface area contributed by atoms with Crippen LogP contribution in [0.2, 0.25) is 5.15 Å². The summed E-state index contributed by atoms with van der Waals surface area (Å²) in [5.41, 5.74) is 16.3. The Morgan fingerprint density at radius 1 is 1.09 bits per heavy atom. The van der Waals surface area contributed by atoms with E-state index in [2.05, 4.69) is 20.6 Å². The van der Waals surface area contributed by atoms with Crippen molar-refractivity contribution in [3.63, 3.8) is 0 Å². The number of guanidine groups is 1. The summed E-state index contributed by atoms with van der Waals surface area (Å²) in [6, 6.07) is 0. The Kier molecular flexibility index (Phi) is 8.06. The van der Waals surface area contributed by atoms with Crippen molar-refractivity contribution < 1.29 is 4.79 Å². The van der Waals surface area contributed by atoms with Crippen LogP contribution >= 0.6 is 11.6 Å². The molecule has 0 unspecified atom stereocenters. The fraction of sp³-hybridized carbons (Fsp3) is 0.538. The maximum atomic E-state index is 12.0. The highest BCUT2D eigenvalue weighted by molar-refractivity contribution is 6.31. The van der Waals surface area contributed by atoms with Crippen molar-refractivity contribution in [2.24, 2.45) is 5.73 Å². The Labute approximate surface area is 139 Å². The van der Waals surface area contributed by atoms with Crippen molar-refractivity contribution in [3.05, 3.63) is 10.8 Å². The molecule has 0 aliphatic carbocycles. The maximum absolute atomic E-state index is 12.0. The van der Waals surface area contributed by atoms with Gasteiger partial charge in [-0.25, -0.2) is 9.97 Å². The number of carbonyl (C=O) groups excluding carboxylic acids is 1. The molecule has 0 fully saturated rings. The summed E-state index contributed by atoms with van der Waals surface area (Å²) in [6.07, 6.45) is 5.19. The van der Waals surface area contributed by atoms with Crippen LogP contribution < -0.4 is 27.8 Å². The van der Waals surface area contributed by atoms with E-state index in [0.717, 1.165) is 38.6 Å². The number of nitrogens with one attached hydrogen (secondary N) is 3. The number of rotatable bonds is 8. The monoisotopic (exact) mass is 342 g/mol. The van der Waals surface area contributed by atoms with Gasteiger partial charge in [0.15, 0.2) is 28.4 Å². The lowest BCUT2D eigenvalue weighted by Gasteiger charge is -2.10. The van der Waals surface area contributed by atoms with Crippen molar-refractivity contribution in [3.8, 4) is 0 Å². The van der Waals surface area contributed by atoms with Crippen LogP contribution in [0.25, 0.3) is 0 Å². The summed E-state index contributed by atoms with van der Waals surface area (Å²) in [5.74, 6) is -0.996. The third-order valence-electron chi connectivity index (χ3n) is 3.04. The van der Waals surface area contributed by atoms with Crippen LogP contribution in [-0.2, 0) is 0 Å². The maximum Gasteiger partial charge on any atom is 0.280 e. The second-order valence-electron chi connectivity index (χ2n) is 4.95. The molecule has 0 radical (unpaired) electrons. The highest BCUT2D eigenvalue weighted by atomic mass is 35.5. The number of carbonyl (C=O) groups is 1. The van der Waals surface area contributed by atoms with Gasteiger partial charge in [0.1, 0.15) is 0 Å². The number of nitrogen functional groups attached to an aromatic ring is 2. The molecule has 10 heteroatoms. The van der Waals surface area contributed by atoms with E-state index in [0.29, 0.717) is 6.54 Å². The number of hydrogen-bond acceptors (Lipinski definition) is 7. The molecule has 0 atom stereocenters. The number of halogens is 1. The first-order valence-electron chi connectivity index (χ1n) is 7.38. The Morgan fingerprint density at radius 3 is 2.43 bits per heavy atom. The molecule has 0 aliphatic heterocycles. The molecule has 0 bridgehead atoms. The minimum absolute atomic E-state index is 0.0523. The summed E-state index contributed by atoms with van der Waals surface area (Å²) in [6.45, 7) is 1.31. The van der Waals surface area contributed by atoms with Gasteiger partial charge in [0, 0.05) is 6.54 Å². The van der Waals surface area contributed by atoms with Crippen molar-refractivity contribution in [2.75, 3.05) is 24.6 Å². The third kappa shape index (κ3) is 6.66. The normalized spacial score (nSPS) is 10.3. The Bertz CT molecular complexity index is 551. The molecule has 1 aromatic heterocycles. The zero-order valence-electron chi connectivity index (χ0n) is 12.9. The fourth-order valence-electron chi connectivity index (χ4n) is 1.84. The first kappa shape index (κ1) is 18.9. The number of hydrogen-bond donors (Lipinski definition) is 6. The van der Waals surface area contributed by atoms with Gasteiger partial charge in [-0.3, -0.25) is 15.5 Å². The number of anilines is 2. The predicted molar refractivity (Wildman–Crippen MR) is 91.2 cm³/mol. The van der Waals surface area contributed by atoms with E-state index in [1.165, 1.54) is 0 Å². The van der Waals surface area contributed by atoms with Gasteiger partial charge in [-0.15, -0.1) is 0 Å². The van der Waals surface area contributed by atoms with E-state index in [-0.39, 0.29) is 28.4 Å². The summed E-state index contributed by atoms with van der Waals surface area (Å²) < 4.78 is 0. The Hall–Kier alpha value is -2.13. The van der Waals surface area contributed by atoms with Gasteiger partial charge in [-0.05, 0) is 19.4 Å². The minimum Gasteiger partial charge on any atom is -0.382 e. The second-order valence-corrected chi connectivity index (χ2v) is 5.30. The zero-order chi connectivity index (χ0) is 17.2. The lowest BCUT2D eigenvalue weighted by molar-refractivity contribution is 0.0971. The van der Waals surface area contributed by atoms with Crippen LogP contribution in [0.4, 0.5) is 11.6 Å². The first-order valence-corrected chi connectivity index (χ1v) is 7.75. The number of nitrogens with two attached hydrogens (primary N) is 3. The summed E-state index contributed by atoms with van der Waals surface area (Å²) >= 11 is 5.71. The van der Waals surface area contributed by atoms with E-state index in [4.69, 9.17) is 34.2 Å². The van der Waals surface area contributed by atoms with Gasteiger partial charge < -0.3 is 22.5 Å². The van der Waals surface area contributed by atoms with Crippen LogP contribution in [0.5, 0.6) is 0 Å². The lowest BCUT2D eigenvalue weighted by atomic mass is 10.1. The highest BCUT2D eigenvalue weighted by Gasteiger charge is 2.16. The first-order chi connectivity index (χ1) is 11.0. The quantitative estimate of drug-likeness (QED) is 0.226. The van der Waals surface area contributed by atoms with Crippen molar-refractivity contribution >= 4 is 35.1 Å². The van der Waals surface area contributed by atoms with Gasteiger partial charge in [0.05, 0.1) is 0 Å². The molecule has 0 aliphatic rings.